The zero-order valence-electron chi connectivity index (χ0n) is 18.9. The molecule has 0 radical (unpaired) electrons. The summed E-state index contributed by atoms with van der Waals surface area (Å²) in [7, 11) is 0. The second kappa shape index (κ2) is 16.5. The number of aliphatic hydroxyl groups is 1. The first-order chi connectivity index (χ1) is 15.9. The summed E-state index contributed by atoms with van der Waals surface area (Å²) in [6, 6.07) is -5.23. The molecule has 0 fully saturated rings. The Morgan fingerprint density at radius 3 is 1.97 bits per heavy atom. The van der Waals surface area contributed by atoms with Gasteiger partial charge in [-0.05, 0) is 31.3 Å². The molecule has 0 spiro atoms. The summed E-state index contributed by atoms with van der Waals surface area (Å²) in [5, 5.41) is 25.4. The summed E-state index contributed by atoms with van der Waals surface area (Å²) in [6.45, 7) is -0.533. The summed E-state index contributed by atoms with van der Waals surface area (Å²) in [5.41, 5.74) is 21.0. The predicted octanol–water partition coefficient (Wildman–Crippen LogP) is -4.47. The monoisotopic (exact) mass is 506 g/mol. The molecule has 13 N–H and O–H groups in total. The molecule has 0 aliphatic rings. The van der Waals surface area contributed by atoms with Crippen molar-refractivity contribution in [2.24, 2.45) is 27.9 Å². The van der Waals surface area contributed by atoms with Gasteiger partial charge in [0.15, 0.2) is 5.96 Å². The minimum atomic E-state index is -1.46. The van der Waals surface area contributed by atoms with E-state index in [1.165, 1.54) is 11.8 Å². The number of nitrogens with one attached hydrogen (secondary N) is 3. The van der Waals surface area contributed by atoms with Crippen LogP contribution in [0.5, 0.6) is 0 Å². The Kier molecular flexibility index (Phi) is 15.0. The zero-order valence-corrected chi connectivity index (χ0v) is 19.7. The maximum absolute atomic E-state index is 12.8. The van der Waals surface area contributed by atoms with Crippen LogP contribution in [0.3, 0.4) is 0 Å². The molecule has 15 nitrogen and oxygen atoms in total. The second-order valence-corrected chi connectivity index (χ2v) is 8.20. The Morgan fingerprint density at radius 1 is 0.912 bits per heavy atom. The highest BCUT2D eigenvalue weighted by molar-refractivity contribution is 7.98. The molecule has 4 unspecified atom stereocenters. The third-order valence-electron chi connectivity index (χ3n) is 4.38. The number of primary amides is 1. The number of nitrogens with zero attached hydrogens (tertiary/aromatic N) is 1. The summed E-state index contributed by atoms with van der Waals surface area (Å²) in [6.07, 6.45) is 1.61. The highest BCUT2D eigenvalue weighted by Gasteiger charge is 2.30. The van der Waals surface area contributed by atoms with Gasteiger partial charge in [-0.25, -0.2) is 4.79 Å². The molecule has 0 rings (SSSR count). The zero-order chi connectivity index (χ0) is 26.3. The second-order valence-electron chi connectivity index (χ2n) is 7.21. The Morgan fingerprint density at radius 2 is 1.47 bits per heavy atom. The Bertz CT molecular complexity index is 748. The average Bonchev–Trinajstić information content (AvgIpc) is 2.76. The van der Waals surface area contributed by atoms with E-state index in [4.69, 9.17) is 28.0 Å². The van der Waals surface area contributed by atoms with Crippen molar-refractivity contribution in [3.8, 4) is 0 Å². The van der Waals surface area contributed by atoms with Gasteiger partial charge in [0.1, 0.15) is 24.2 Å². The maximum Gasteiger partial charge on any atom is 0.326 e. The standard InChI is InChI=1S/C18H34N8O7S/c1-34-6-4-10(15(30)25-11(17(32)33)3-2-5-23-18(21)22)24-16(31)12(7-13(20)28)26-14(29)9(19)8-27/h9-12,27H,2-8,19H2,1H3,(H2,20,28)(H,24,31)(H,25,30)(H,26,29)(H,32,33)(H4,21,22,23). The molecule has 0 aliphatic heterocycles. The van der Waals surface area contributed by atoms with Crippen LogP contribution < -0.4 is 38.9 Å². The first-order valence-corrected chi connectivity index (χ1v) is 11.6. The van der Waals surface area contributed by atoms with Crippen LogP contribution in [-0.4, -0.2) is 95.1 Å². The predicted molar refractivity (Wildman–Crippen MR) is 125 cm³/mol. The van der Waals surface area contributed by atoms with E-state index in [9.17, 15) is 29.1 Å². The molecule has 0 saturated carbocycles. The van der Waals surface area contributed by atoms with Crippen LogP contribution in [0, 0.1) is 0 Å². The van der Waals surface area contributed by atoms with Crippen molar-refractivity contribution < 1.29 is 34.2 Å². The number of hydrogen-bond acceptors (Lipinski definition) is 9. The van der Waals surface area contributed by atoms with E-state index < -0.39 is 66.8 Å². The van der Waals surface area contributed by atoms with Gasteiger partial charge < -0.3 is 49.1 Å². The van der Waals surface area contributed by atoms with Gasteiger partial charge in [0.05, 0.1) is 13.0 Å². The summed E-state index contributed by atoms with van der Waals surface area (Å²) >= 11 is 1.38. The molecular weight excluding hydrogens is 472 g/mol. The Balaban J connectivity index is 5.39. The highest BCUT2D eigenvalue weighted by atomic mass is 32.2. The number of carboxylic acid groups (broad SMARTS) is 1. The first-order valence-electron chi connectivity index (χ1n) is 10.3. The van der Waals surface area contributed by atoms with Gasteiger partial charge in [-0.15, -0.1) is 0 Å². The lowest BCUT2D eigenvalue weighted by molar-refractivity contribution is -0.142. The van der Waals surface area contributed by atoms with Crippen molar-refractivity contribution in [2.45, 2.75) is 49.9 Å². The third-order valence-corrected chi connectivity index (χ3v) is 5.02. The molecule has 0 saturated heterocycles. The van der Waals surface area contributed by atoms with Gasteiger partial charge in [0, 0.05) is 6.54 Å². The first kappa shape index (κ1) is 30.9. The van der Waals surface area contributed by atoms with Crippen molar-refractivity contribution in [2.75, 3.05) is 25.2 Å². The molecule has 0 aliphatic carbocycles. The summed E-state index contributed by atoms with van der Waals surface area (Å²) in [4.78, 5) is 64.1. The molecule has 4 amide bonds. The number of guanidine groups is 1. The number of amides is 4. The van der Waals surface area contributed by atoms with Crippen molar-refractivity contribution in [1.29, 1.82) is 0 Å². The van der Waals surface area contributed by atoms with Crippen LogP contribution in [0.1, 0.15) is 25.7 Å². The fourth-order valence-corrected chi connectivity index (χ4v) is 3.05. The van der Waals surface area contributed by atoms with E-state index in [2.05, 4.69) is 20.9 Å². The fraction of sp³-hybridized carbons (Fsp3) is 0.667. The van der Waals surface area contributed by atoms with Crippen molar-refractivity contribution in [1.82, 2.24) is 16.0 Å². The number of aliphatic imine (C=N–C) groups is 1. The lowest BCUT2D eigenvalue weighted by atomic mass is 10.1. The van der Waals surface area contributed by atoms with Crippen LogP contribution in [0.4, 0.5) is 0 Å². The fourth-order valence-electron chi connectivity index (χ4n) is 2.58. The van der Waals surface area contributed by atoms with Gasteiger partial charge in [-0.3, -0.25) is 24.2 Å². The van der Waals surface area contributed by atoms with E-state index in [0.29, 0.717) is 5.75 Å². The van der Waals surface area contributed by atoms with Gasteiger partial charge in [0.25, 0.3) is 0 Å². The number of rotatable bonds is 17. The molecule has 16 heteroatoms. The Hall–Kier alpha value is -3.11. The molecule has 0 aromatic rings. The molecule has 0 heterocycles. The number of carboxylic acids is 1. The molecule has 0 aromatic heterocycles. The summed E-state index contributed by atoms with van der Waals surface area (Å²) in [5.74, 6) is -4.48. The van der Waals surface area contributed by atoms with Crippen LogP contribution in [0.15, 0.2) is 4.99 Å². The van der Waals surface area contributed by atoms with Crippen LogP contribution in [0.2, 0.25) is 0 Å². The average molecular weight is 507 g/mol. The minimum Gasteiger partial charge on any atom is -0.480 e. The van der Waals surface area contributed by atoms with Gasteiger partial charge in [-0.2, -0.15) is 11.8 Å². The summed E-state index contributed by atoms with van der Waals surface area (Å²) < 4.78 is 0. The lowest BCUT2D eigenvalue weighted by Gasteiger charge is -2.24. The van der Waals surface area contributed by atoms with E-state index in [1.807, 2.05) is 0 Å². The molecular formula is C18H34N8O7S. The van der Waals surface area contributed by atoms with Crippen LogP contribution in [-0.2, 0) is 24.0 Å². The maximum atomic E-state index is 12.8. The number of aliphatic hydroxyl groups excluding tert-OH is 1. The number of aliphatic carboxylic acids is 1. The molecule has 0 bridgehead atoms. The topological polar surface area (TPSA) is 278 Å². The molecule has 34 heavy (non-hydrogen) atoms. The number of nitrogens with two attached hydrogens (primary N) is 4. The Labute approximate surface area is 200 Å². The molecule has 4 atom stereocenters. The van der Waals surface area contributed by atoms with E-state index in [0.717, 1.165) is 0 Å². The third kappa shape index (κ3) is 12.8. The number of carbonyl (C=O) groups excluding carboxylic acids is 4. The van der Waals surface area contributed by atoms with Crippen molar-refractivity contribution in [3.05, 3.63) is 0 Å². The number of thioether (sulfide) groups is 1. The van der Waals surface area contributed by atoms with Crippen LogP contribution >= 0.6 is 11.8 Å². The highest BCUT2D eigenvalue weighted by Crippen LogP contribution is 2.06. The van der Waals surface area contributed by atoms with Crippen molar-refractivity contribution in [3.63, 3.8) is 0 Å². The SMILES string of the molecule is CSCCC(NC(=O)C(CC(N)=O)NC(=O)C(N)CO)C(=O)NC(CCCN=C(N)N)C(=O)O. The molecule has 0 aromatic carbocycles. The largest absolute Gasteiger partial charge is 0.480 e. The van der Waals surface area contributed by atoms with E-state index in [1.54, 1.807) is 6.26 Å². The smallest absolute Gasteiger partial charge is 0.326 e. The quantitative estimate of drug-likeness (QED) is 0.0515. The van der Waals surface area contributed by atoms with E-state index in [-0.39, 0.29) is 31.8 Å². The van der Waals surface area contributed by atoms with Gasteiger partial charge >= 0.3 is 5.97 Å². The van der Waals surface area contributed by atoms with Crippen molar-refractivity contribution >= 4 is 47.3 Å². The van der Waals surface area contributed by atoms with Gasteiger partial charge in [-0.1, -0.05) is 0 Å². The number of carbonyl (C=O) groups is 5. The van der Waals surface area contributed by atoms with Gasteiger partial charge in [0.2, 0.25) is 23.6 Å². The normalized spacial score (nSPS) is 14.1. The minimum absolute atomic E-state index is 0.0282. The number of hydrogen-bond donors (Lipinski definition) is 9. The van der Waals surface area contributed by atoms with E-state index >= 15 is 0 Å². The molecule has 194 valence electrons. The lowest BCUT2D eigenvalue weighted by Crippen LogP contribution is -2.58. The van der Waals surface area contributed by atoms with Crippen LogP contribution in [0.25, 0.3) is 0 Å².